The van der Waals surface area contributed by atoms with Gasteiger partial charge in [0, 0.05) is 12.0 Å². The Bertz CT molecular complexity index is 381. The van der Waals surface area contributed by atoms with Crippen molar-refractivity contribution in [1.29, 1.82) is 0 Å². The molecule has 0 radical (unpaired) electrons. The number of carbonyl (C=O) groups is 3. The molecule has 0 bridgehead atoms. The van der Waals surface area contributed by atoms with Crippen LogP contribution in [-0.2, 0) is 14.4 Å². The van der Waals surface area contributed by atoms with Gasteiger partial charge in [-0.25, -0.2) is 0 Å². The molecule has 0 aromatic rings. The predicted molar refractivity (Wildman–Crippen MR) is 68.8 cm³/mol. The Hall–Kier alpha value is -1.43. The van der Waals surface area contributed by atoms with Crippen molar-refractivity contribution in [2.24, 2.45) is 17.6 Å². The molecule has 106 valence electrons. The molecule has 1 heterocycles. The van der Waals surface area contributed by atoms with Gasteiger partial charge in [-0.15, -0.1) is 0 Å². The summed E-state index contributed by atoms with van der Waals surface area (Å²) in [5.74, 6) is -0.835. The SMILES string of the molecule is CC(C(=O)N1CC(=O)NC(=O)C1)C1CCCC(N)C1. The van der Waals surface area contributed by atoms with Crippen LogP contribution in [0.25, 0.3) is 0 Å². The number of hydrogen-bond donors (Lipinski definition) is 2. The molecule has 0 aromatic heterocycles. The van der Waals surface area contributed by atoms with E-state index in [0.717, 1.165) is 25.7 Å². The molecule has 3 amide bonds. The van der Waals surface area contributed by atoms with Crippen LogP contribution in [0.4, 0.5) is 0 Å². The van der Waals surface area contributed by atoms with Gasteiger partial charge in [0.15, 0.2) is 0 Å². The fraction of sp³-hybridized carbons (Fsp3) is 0.769. The first-order valence-corrected chi connectivity index (χ1v) is 6.84. The van der Waals surface area contributed by atoms with Crippen LogP contribution in [0.3, 0.4) is 0 Å². The monoisotopic (exact) mass is 267 g/mol. The first-order valence-electron chi connectivity index (χ1n) is 6.84. The maximum Gasteiger partial charge on any atom is 0.246 e. The van der Waals surface area contributed by atoms with Gasteiger partial charge in [-0.05, 0) is 25.2 Å². The molecule has 19 heavy (non-hydrogen) atoms. The largest absolute Gasteiger partial charge is 0.328 e. The summed E-state index contributed by atoms with van der Waals surface area (Å²) in [5.41, 5.74) is 5.94. The Balaban J connectivity index is 1.98. The lowest BCUT2D eigenvalue weighted by Gasteiger charge is -2.34. The molecule has 0 aromatic carbocycles. The second-order valence-corrected chi connectivity index (χ2v) is 5.64. The molecular weight excluding hydrogens is 246 g/mol. The minimum Gasteiger partial charge on any atom is -0.328 e. The van der Waals surface area contributed by atoms with Gasteiger partial charge in [0.1, 0.15) is 13.1 Å². The topological polar surface area (TPSA) is 92.5 Å². The molecule has 6 heteroatoms. The Kier molecular flexibility index (Phi) is 4.19. The molecule has 2 rings (SSSR count). The van der Waals surface area contributed by atoms with Crippen molar-refractivity contribution in [3.05, 3.63) is 0 Å². The van der Waals surface area contributed by atoms with Crippen molar-refractivity contribution in [2.45, 2.75) is 38.6 Å². The van der Waals surface area contributed by atoms with Gasteiger partial charge in [0.05, 0.1) is 0 Å². The number of nitrogens with one attached hydrogen (secondary N) is 1. The highest BCUT2D eigenvalue weighted by molar-refractivity contribution is 6.02. The highest BCUT2D eigenvalue weighted by atomic mass is 16.2. The molecular formula is C13H21N3O3. The Labute approximate surface area is 112 Å². The molecule has 1 saturated carbocycles. The fourth-order valence-electron chi connectivity index (χ4n) is 3.00. The Morgan fingerprint density at radius 3 is 2.53 bits per heavy atom. The zero-order valence-electron chi connectivity index (χ0n) is 11.2. The van der Waals surface area contributed by atoms with E-state index < -0.39 is 11.8 Å². The van der Waals surface area contributed by atoms with Crippen LogP contribution in [-0.4, -0.2) is 41.8 Å². The Morgan fingerprint density at radius 2 is 1.95 bits per heavy atom. The third kappa shape index (κ3) is 3.32. The maximum atomic E-state index is 12.3. The number of rotatable bonds is 2. The van der Waals surface area contributed by atoms with Crippen LogP contribution in [0.15, 0.2) is 0 Å². The molecule has 3 N–H and O–H groups in total. The molecule has 6 nitrogen and oxygen atoms in total. The van der Waals surface area contributed by atoms with E-state index >= 15 is 0 Å². The minimum atomic E-state index is -0.405. The van der Waals surface area contributed by atoms with Crippen LogP contribution in [0.5, 0.6) is 0 Å². The summed E-state index contributed by atoms with van der Waals surface area (Å²) in [7, 11) is 0. The van der Waals surface area contributed by atoms with Crippen molar-refractivity contribution in [3.63, 3.8) is 0 Å². The second kappa shape index (κ2) is 5.69. The quantitative estimate of drug-likeness (QED) is 0.667. The van der Waals surface area contributed by atoms with Crippen molar-refractivity contribution in [1.82, 2.24) is 10.2 Å². The highest BCUT2D eigenvalue weighted by Gasteiger charge is 2.34. The van der Waals surface area contributed by atoms with Crippen LogP contribution in [0, 0.1) is 11.8 Å². The average molecular weight is 267 g/mol. The predicted octanol–water partition coefficient (Wildman–Crippen LogP) is -0.375. The number of piperazine rings is 1. The lowest BCUT2D eigenvalue weighted by molar-refractivity contribution is -0.148. The smallest absolute Gasteiger partial charge is 0.246 e. The molecule has 2 fully saturated rings. The van der Waals surface area contributed by atoms with Gasteiger partial charge >= 0.3 is 0 Å². The van der Waals surface area contributed by atoms with Crippen molar-refractivity contribution in [3.8, 4) is 0 Å². The van der Waals surface area contributed by atoms with Crippen molar-refractivity contribution in [2.75, 3.05) is 13.1 Å². The van der Waals surface area contributed by atoms with Gasteiger partial charge in [0.2, 0.25) is 17.7 Å². The summed E-state index contributed by atoms with van der Waals surface area (Å²) >= 11 is 0. The van der Waals surface area contributed by atoms with Crippen LogP contribution < -0.4 is 11.1 Å². The number of amides is 3. The molecule has 3 unspecified atom stereocenters. The summed E-state index contributed by atoms with van der Waals surface area (Å²) in [5, 5.41) is 2.20. The number of hydrogen-bond acceptors (Lipinski definition) is 4. The van der Waals surface area contributed by atoms with E-state index in [1.165, 1.54) is 4.90 Å². The minimum absolute atomic E-state index is 0.0202. The third-order valence-corrected chi connectivity index (χ3v) is 4.11. The van der Waals surface area contributed by atoms with Crippen LogP contribution in [0.2, 0.25) is 0 Å². The first kappa shape index (κ1) is 14.0. The maximum absolute atomic E-state index is 12.3. The first-order chi connectivity index (χ1) is 8.97. The number of carbonyl (C=O) groups excluding carboxylic acids is 3. The van der Waals surface area contributed by atoms with E-state index in [0.29, 0.717) is 0 Å². The van der Waals surface area contributed by atoms with Gasteiger partial charge < -0.3 is 10.6 Å². The second-order valence-electron chi connectivity index (χ2n) is 5.64. The lowest BCUT2D eigenvalue weighted by Crippen LogP contribution is -2.55. The molecule has 3 atom stereocenters. The summed E-state index contributed by atoms with van der Waals surface area (Å²) in [6, 6.07) is 0.167. The molecule has 0 spiro atoms. The number of nitrogens with two attached hydrogens (primary N) is 1. The summed E-state index contributed by atoms with van der Waals surface area (Å²) in [6.45, 7) is 1.84. The van der Waals surface area contributed by atoms with E-state index in [1.54, 1.807) is 0 Å². The van der Waals surface area contributed by atoms with E-state index in [9.17, 15) is 14.4 Å². The zero-order chi connectivity index (χ0) is 14.0. The summed E-state index contributed by atoms with van der Waals surface area (Å²) < 4.78 is 0. The van der Waals surface area contributed by atoms with Gasteiger partial charge in [-0.1, -0.05) is 13.3 Å². The summed E-state index contributed by atoms with van der Waals surface area (Å²) in [6.07, 6.45) is 3.90. The van der Waals surface area contributed by atoms with Gasteiger partial charge in [-0.2, -0.15) is 0 Å². The fourth-order valence-corrected chi connectivity index (χ4v) is 3.00. The zero-order valence-corrected chi connectivity index (χ0v) is 11.2. The van der Waals surface area contributed by atoms with Crippen LogP contribution in [0.1, 0.15) is 32.6 Å². The van der Waals surface area contributed by atoms with E-state index in [-0.39, 0.29) is 36.9 Å². The molecule has 1 saturated heterocycles. The molecule has 1 aliphatic carbocycles. The van der Waals surface area contributed by atoms with Crippen molar-refractivity contribution < 1.29 is 14.4 Å². The van der Waals surface area contributed by atoms with Crippen molar-refractivity contribution >= 4 is 17.7 Å². The van der Waals surface area contributed by atoms with E-state index in [1.807, 2.05) is 6.92 Å². The lowest BCUT2D eigenvalue weighted by atomic mass is 9.78. The number of imide groups is 1. The van der Waals surface area contributed by atoms with Gasteiger partial charge in [-0.3, -0.25) is 19.7 Å². The van der Waals surface area contributed by atoms with Gasteiger partial charge in [0.25, 0.3) is 0 Å². The molecule has 2 aliphatic rings. The average Bonchev–Trinajstić information content (AvgIpc) is 2.36. The Morgan fingerprint density at radius 1 is 1.32 bits per heavy atom. The van der Waals surface area contributed by atoms with E-state index in [4.69, 9.17) is 5.73 Å². The van der Waals surface area contributed by atoms with E-state index in [2.05, 4.69) is 5.32 Å². The third-order valence-electron chi connectivity index (χ3n) is 4.11. The normalized spacial score (nSPS) is 29.9. The standard InChI is InChI=1S/C13H21N3O3/c1-8(9-3-2-4-10(14)5-9)13(19)16-6-11(17)15-12(18)7-16/h8-10H,2-7,14H2,1H3,(H,15,17,18). The summed E-state index contributed by atoms with van der Waals surface area (Å²) in [4.78, 5) is 36.3. The van der Waals surface area contributed by atoms with Crippen LogP contribution >= 0.6 is 0 Å². The number of nitrogens with zero attached hydrogens (tertiary/aromatic N) is 1. The highest BCUT2D eigenvalue weighted by Crippen LogP contribution is 2.30. The molecule has 1 aliphatic heterocycles.